The number of aryl methyl sites for hydroxylation is 1. The molecule has 2 heterocycles. The topological polar surface area (TPSA) is 136 Å². The van der Waals surface area contributed by atoms with Gasteiger partial charge in [-0.15, -0.1) is 0 Å². The molecule has 1 aromatic heterocycles. The van der Waals surface area contributed by atoms with E-state index in [0.29, 0.717) is 10.2 Å². The number of H-pyrrole nitrogens is 1. The van der Waals surface area contributed by atoms with Crippen LogP contribution >= 0.6 is 12.2 Å². The van der Waals surface area contributed by atoms with Gasteiger partial charge in [0.2, 0.25) is 0 Å². The maximum absolute atomic E-state index is 11.9. The van der Waals surface area contributed by atoms with Gasteiger partial charge >= 0.3 is 5.69 Å². The zero-order valence-electron chi connectivity index (χ0n) is 10.6. The number of nitrogens with zero attached hydrogens (tertiary/aromatic N) is 4. The van der Waals surface area contributed by atoms with Gasteiger partial charge in [-0.3, -0.25) is 9.55 Å². The van der Waals surface area contributed by atoms with Crippen molar-refractivity contribution in [3.63, 3.8) is 0 Å². The smallest absolute Gasteiger partial charge is 0.328 e. The van der Waals surface area contributed by atoms with Crippen molar-refractivity contribution in [2.75, 3.05) is 6.61 Å². The standard InChI is InChI=1S/C10H13N5O4S/c1-5-3-15(9(17)12-8(5)20)7-2-10(18,13-14-11)6(4-16)19-7/h3,6-7,16,18H,2,4H2,1H3,(H,12,17,20)/t6-,7-,10+/m1/s1. The fourth-order valence-electron chi connectivity index (χ4n) is 2.07. The Morgan fingerprint density at radius 1 is 1.80 bits per heavy atom. The lowest BCUT2D eigenvalue weighted by Crippen LogP contribution is -2.38. The summed E-state index contributed by atoms with van der Waals surface area (Å²) in [7, 11) is 0. The van der Waals surface area contributed by atoms with Crippen LogP contribution in [-0.4, -0.2) is 38.2 Å². The first kappa shape index (κ1) is 14.7. The number of hydrogen-bond acceptors (Lipinski definition) is 6. The molecule has 0 bridgehead atoms. The molecular weight excluding hydrogens is 286 g/mol. The van der Waals surface area contributed by atoms with Crippen molar-refractivity contribution >= 4 is 12.2 Å². The van der Waals surface area contributed by atoms with E-state index in [1.807, 2.05) is 0 Å². The molecule has 0 radical (unpaired) electrons. The quantitative estimate of drug-likeness (QED) is 0.323. The predicted octanol–water partition coefficient (Wildman–Crippen LogP) is 0.493. The van der Waals surface area contributed by atoms with Gasteiger partial charge in [0.15, 0.2) is 5.72 Å². The van der Waals surface area contributed by atoms with Crippen LogP contribution in [0.1, 0.15) is 18.2 Å². The Bertz CT molecular complexity index is 679. The minimum absolute atomic E-state index is 0.147. The Morgan fingerprint density at radius 3 is 3.10 bits per heavy atom. The van der Waals surface area contributed by atoms with Crippen LogP contribution in [-0.2, 0) is 4.74 Å². The lowest BCUT2D eigenvalue weighted by atomic mass is 10.1. The molecule has 1 fully saturated rings. The number of ether oxygens (including phenoxy) is 1. The second-order valence-corrected chi connectivity index (χ2v) is 4.92. The van der Waals surface area contributed by atoms with Crippen molar-refractivity contribution in [3.05, 3.63) is 37.3 Å². The maximum Gasteiger partial charge on any atom is 0.328 e. The molecule has 1 aliphatic heterocycles. The highest BCUT2D eigenvalue weighted by Crippen LogP contribution is 2.37. The largest absolute Gasteiger partial charge is 0.394 e. The third-order valence-electron chi connectivity index (χ3n) is 3.15. The SMILES string of the molecule is Cc1cn([C@H]2C[C@@](O)(N=[N+]=[N-])[C@@H](CO)O2)c(=O)[nH]c1=S. The highest BCUT2D eigenvalue weighted by atomic mass is 32.1. The van der Waals surface area contributed by atoms with Crippen LogP contribution in [0.25, 0.3) is 10.4 Å². The molecule has 1 aromatic rings. The Hall–Kier alpha value is -1.71. The lowest BCUT2D eigenvalue weighted by Gasteiger charge is -2.19. The first-order valence-corrected chi connectivity index (χ1v) is 6.19. The number of nitrogens with one attached hydrogen (secondary N) is 1. The Kier molecular flexibility index (Phi) is 3.93. The highest BCUT2D eigenvalue weighted by molar-refractivity contribution is 7.71. The summed E-state index contributed by atoms with van der Waals surface area (Å²) in [6.07, 6.45) is -0.617. The van der Waals surface area contributed by atoms with Crippen LogP contribution < -0.4 is 5.69 Å². The minimum Gasteiger partial charge on any atom is -0.394 e. The predicted molar refractivity (Wildman–Crippen MR) is 70.3 cm³/mol. The number of hydrogen-bond donors (Lipinski definition) is 3. The molecule has 1 aliphatic rings. The molecule has 0 spiro atoms. The van der Waals surface area contributed by atoms with Crippen LogP contribution in [0, 0.1) is 11.6 Å². The van der Waals surface area contributed by atoms with Crippen LogP contribution in [0.4, 0.5) is 0 Å². The van der Waals surface area contributed by atoms with Crippen molar-refractivity contribution in [3.8, 4) is 0 Å². The van der Waals surface area contributed by atoms with Crippen LogP contribution in [0.3, 0.4) is 0 Å². The summed E-state index contributed by atoms with van der Waals surface area (Å²) in [5.74, 6) is 0. The van der Waals surface area contributed by atoms with Gasteiger partial charge in [0.1, 0.15) is 17.0 Å². The fourth-order valence-corrected chi connectivity index (χ4v) is 2.21. The van der Waals surface area contributed by atoms with E-state index in [2.05, 4.69) is 15.0 Å². The second kappa shape index (κ2) is 5.35. The van der Waals surface area contributed by atoms with E-state index < -0.39 is 30.4 Å². The van der Waals surface area contributed by atoms with Crippen molar-refractivity contribution in [2.45, 2.75) is 31.4 Å². The van der Waals surface area contributed by atoms with Crippen molar-refractivity contribution in [1.82, 2.24) is 9.55 Å². The molecule has 0 aromatic carbocycles. The molecular formula is C10H13N5O4S. The van der Waals surface area contributed by atoms with E-state index in [1.165, 1.54) is 10.8 Å². The summed E-state index contributed by atoms with van der Waals surface area (Å²) in [6.45, 7) is 1.18. The Labute approximate surface area is 118 Å². The molecule has 3 N–H and O–H groups in total. The molecule has 108 valence electrons. The van der Waals surface area contributed by atoms with Crippen molar-refractivity contribution < 1.29 is 14.9 Å². The van der Waals surface area contributed by atoms with Crippen LogP contribution in [0.5, 0.6) is 0 Å². The third-order valence-corrected chi connectivity index (χ3v) is 3.58. The number of aliphatic hydroxyl groups is 2. The van der Waals surface area contributed by atoms with E-state index in [9.17, 15) is 15.0 Å². The van der Waals surface area contributed by atoms with Gasteiger partial charge in [-0.05, 0) is 12.5 Å². The average Bonchev–Trinajstić information content (AvgIpc) is 2.71. The van der Waals surface area contributed by atoms with E-state index in [0.717, 1.165) is 0 Å². The first-order chi connectivity index (χ1) is 9.41. The van der Waals surface area contributed by atoms with Gasteiger partial charge in [-0.2, -0.15) is 0 Å². The van der Waals surface area contributed by atoms with Crippen molar-refractivity contribution in [1.29, 1.82) is 0 Å². The summed E-state index contributed by atoms with van der Waals surface area (Å²) < 4.78 is 6.90. The third kappa shape index (κ3) is 2.47. The van der Waals surface area contributed by atoms with Gasteiger partial charge in [-0.1, -0.05) is 17.3 Å². The summed E-state index contributed by atoms with van der Waals surface area (Å²) in [5.41, 5.74) is 6.72. The number of aromatic amines is 1. The number of azide groups is 1. The lowest BCUT2D eigenvalue weighted by molar-refractivity contribution is -0.0797. The molecule has 2 rings (SSSR count). The van der Waals surface area contributed by atoms with Crippen LogP contribution in [0.2, 0.25) is 0 Å². The molecule has 3 atom stereocenters. The molecule has 0 aliphatic carbocycles. The van der Waals surface area contributed by atoms with E-state index in [4.69, 9.17) is 22.5 Å². The Morgan fingerprint density at radius 2 is 2.50 bits per heavy atom. The average molecular weight is 299 g/mol. The first-order valence-electron chi connectivity index (χ1n) is 5.78. The van der Waals surface area contributed by atoms with Crippen LogP contribution in [0.15, 0.2) is 16.1 Å². The summed E-state index contributed by atoms with van der Waals surface area (Å²) >= 11 is 4.94. The van der Waals surface area contributed by atoms with Gasteiger partial charge in [0, 0.05) is 23.1 Å². The summed E-state index contributed by atoms with van der Waals surface area (Å²) in [6, 6.07) is 0. The van der Waals surface area contributed by atoms with E-state index in [-0.39, 0.29) is 6.42 Å². The molecule has 10 heteroatoms. The summed E-state index contributed by atoms with van der Waals surface area (Å²) in [5, 5.41) is 22.6. The molecule has 1 saturated heterocycles. The van der Waals surface area contributed by atoms with Gasteiger partial charge in [-0.25, -0.2) is 4.79 Å². The molecule has 0 amide bonds. The molecule has 20 heavy (non-hydrogen) atoms. The normalized spacial score (nSPS) is 29.1. The fraction of sp³-hybridized carbons (Fsp3) is 0.600. The molecule has 0 unspecified atom stereocenters. The maximum atomic E-state index is 11.9. The van der Waals surface area contributed by atoms with Gasteiger partial charge in [0.05, 0.1) is 6.61 Å². The van der Waals surface area contributed by atoms with E-state index in [1.54, 1.807) is 6.92 Å². The second-order valence-electron chi connectivity index (χ2n) is 4.51. The van der Waals surface area contributed by atoms with Gasteiger partial charge < -0.3 is 14.9 Å². The highest BCUT2D eigenvalue weighted by Gasteiger charge is 2.47. The number of aromatic nitrogens is 2. The van der Waals surface area contributed by atoms with Gasteiger partial charge in [0.25, 0.3) is 0 Å². The number of rotatable bonds is 3. The Balaban J connectivity index is 2.42. The summed E-state index contributed by atoms with van der Waals surface area (Å²) in [4.78, 5) is 16.9. The minimum atomic E-state index is -1.89. The van der Waals surface area contributed by atoms with E-state index >= 15 is 0 Å². The zero-order chi connectivity index (χ0) is 14.9. The monoisotopic (exact) mass is 299 g/mol. The zero-order valence-corrected chi connectivity index (χ0v) is 11.4. The number of aliphatic hydroxyl groups excluding tert-OH is 1. The molecule has 9 nitrogen and oxygen atoms in total. The van der Waals surface area contributed by atoms with Crippen molar-refractivity contribution in [2.24, 2.45) is 5.11 Å². The molecule has 0 saturated carbocycles.